The van der Waals surface area contributed by atoms with Gasteiger partial charge in [-0.25, -0.2) is 0 Å². The van der Waals surface area contributed by atoms with Crippen LogP contribution in [0.5, 0.6) is 0 Å². The van der Waals surface area contributed by atoms with Crippen molar-refractivity contribution in [3.8, 4) is 0 Å². The lowest BCUT2D eigenvalue weighted by Crippen LogP contribution is -2.50. The van der Waals surface area contributed by atoms with Crippen LogP contribution in [0.2, 0.25) is 0 Å². The quantitative estimate of drug-likeness (QED) is 0.908. The fourth-order valence-electron chi connectivity index (χ4n) is 3.10. The highest BCUT2D eigenvalue weighted by atomic mass is 16.4. The molecule has 1 N–H and O–H groups in total. The molecule has 1 saturated heterocycles. The van der Waals surface area contributed by atoms with Crippen molar-refractivity contribution in [3.05, 3.63) is 30.3 Å². The Morgan fingerprint density at radius 1 is 1.20 bits per heavy atom. The molecule has 1 aromatic rings. The van der Waals surface area contributed by atoms with Crippen LogP contribution in [0.3, 0.4) is 0 Å². The van der Waals surface area contributed by atoms with Crippen molar-refractivity contribution in [2.75, 3.05) is 24.5 Å². The number of piperidine rings is 1. The topological polar surface area (TPSA) is 77.9 Å². The normalized spacial score (nSPS) is 17.9. The van der Waals surface area contributed by atoms with Crippen molar-refractivity contribution in [3.63, 3.8) is 0 Å². The Balaban J connectivity index is 2.18. The van der Waals surface area contributed by atoms with E-state index < -0.39 is 11.4 Å². The third-order valence-corrected chi connectivity index (χ3v) is 4.33. The predicted octanol–water partition coefficient (Wildman–Crippen LogP) is 2.39. The van der Waals surface area contributed by atoms with Gasteiger partial charge in [-0.1, -0.05) is 39.0 Å². The maximum absolute atomic E-state index is 13.0. The van der Waals surface area contributed by atoms with Gasteiger partial charge in [0, 0.05) is 24.2 Å². The molecule has 136 valence electrons. The molecule has 2 rings (SSSR count). The first-order valence-electron chi connectivity index (χ1n) is 8.57. The number of amides is 2. The van der Waals surface area contributed by atoms with Gasteiger partial charge < -0.3 is 14.9 Å². The van der Waals surface area contributed by atoms with Crippen LogP contribution in [0.15, 0.2) is 30.3 Å². The van der Waals surface area contributed by atoms with Crippen LogP contribution in [0.4, 0.5) is 5.69 Å². The standard InChI is InChI=1S/C19H26N2O4/c1-19(2,3)18(25)20-11-7-8-14(12-20)17(24)21(13-16(22)23)15-9-5-4-6-10-15/h4-6,9-10,14H,7-8,11-13H2,1-3H3,(H,22,23). The number of anilines is 1. The molecule has 1 aliphatic rings. The van der Waals surface area contributed by atoms with Gasteiger partial charge in [-0.3, -0.25) is 14.4 Å². The first-order valence-corrected chi connectivity index (χ1v) is 8.57. The minimum absolute atomic E-state index is 0.0227. The van der Waals surface area contributed by atoms with Gasteiger partial charge in [-0.2, -0.15) is 0 Å². The zero-order chi connectivity index (χ0) is 18.6. The maximum atomic E-state index is 13.0. The maximum Gasteiger partial charge on any atom is 0.323 e. The van der Waals surface area contributed by atoms with Gasteiger partial charge in [0.2, 0.25) is 11.8 Å². The molecule has 1 unspecified atom stereocenters. The van der Waals surface area contributed by atoms with Crippen molar-refractivity contribution in [1.29, 1.82) is 0 Å². The van der Waals surface area contributed by atoms with Crippen LogP contribution in [0.25, 0.3) is 0 Å². The number of nitrogens with zero attached hydrogens (tertiary/aromatic N) is 2. The molecule has 0 saturated carbocycles. The summed E-state index contributed by atoms with van der Waals surface area (Å²) in [5, 5.41) is 9.18. The van der Waals surface area contributed by atoms with Gasteiger partial charge >= 0.3 is 5.97 Å². The number of likely N-dealkylation sites (tertiary alicyclic amines) is 1. The van der Waals surface area contributed by atoms with Crippen LogP contribution in [-0.2, 0) is 14.4 Å². The number of carboxylic acid groups (broad SMARTS) is 1. The molecule has 0 radical (unpaired) electrons. The summed E-state index contributed by atoms with van der Waals surface area (Å²) in [5.41, 5.74) is 0.0691. The van der Waals surface area contributed by atoms with E-state index in [1.807, 2.05) is 26.8 Å². The molecule has 1 aliphatic heterocycles. The zero-order valence-electron chi connectivity index (χ0n) is 15.1. The van der Waals surface area contributed by atoms with Crippen LogP contribution in [0, 0.1) is 11.3 Å². The number of hydrogen-bond donors (Lipinski definition) is 1. The summed E-state index contributed by atoms with van der Waals surface area (Å²) in [4.78, 5) is 39.7. The van der Waals surface area contributed by atoms with Gasteiger partial charge in [0.25, 0.3) is 0 Å². The highest BCUT2D eigenvalue weighted by Gasteiger charge is 2.35. The van der Waals surface area contributed by atoms with Gasteiger partial charge in [0.1, 0.15) is 6.54 Å². The van der Waals surface area contributed by atoms with Crippen LogP contribution < -0.4 is 4.90 Å². The molecule has 1 heterocycles. The lowest BCUT2D eigenvalue weighted by Gasteiger charge is -2.37. The highest BCUT2D eigenvalue weighted by molar-refractivity contribution is 5.99. The highest BCUT2D eigenvalue weighted by Crippen LogP contribution is 2.26. The van der Waals surface area contributed by atoms with Crippen molar-refractivity contribution in [1.82, 2.24) is 4.90 Å². The largest absolute Gasteiger partial charge is 0.480 e. The molecule has 0 aromatic heterocycles. The number of para-hydroxylation sites is 1. The van der Waals surface area contributed by atoms with E-state index in [1.165, 1.54) is 4.90 Å². The molecule has 1 aromatic carbocycles. The van der Waals surface area contributed by atoms with E-state index in [0.717, 1.165) is 6.42 Å². The van der Waals surface area contributed by atoms with Gasteiger partial charge in [-0.05, 0) is 25.0 Å². The minimum Gasteiger partial charge on any atom is -0.480 e. The fraction of sp³-hybridized carbons (Fsp3) is 0.526. The van der Waals surface area contributed by atoms with Crippen LogP contribution >= 0.6 is 0 Å². The second kappa shape index (κ2) is 7.68. The first-order chi connectivity index (χ1) is 11.7. The molecular weight excluding hydrogens is 320 g/mol. The molecule has 0 bridgehead atoms. The number of carboxylic acids is 1. The second-order valence-electron chi connectivity index (χ2n) is 7.49. The SMILES string of the molecule is CC(C)(C)C(=O)N1CCCC(C(=O)N(CC(=O)O)c2ccccc2)C1. The number of rotatable bonds is 4. The Morgan fingerprint density at radius 2 is 1.84 bits per heavy atom. The van der Waals surface area contributed by atoms with E-state index in [9.17, 15) is 19.5 Å². The molecule has 0 aliphatic carbocycles. The molecule has 6 nitrogen and oxygen atoms in total. The summed E-state index contributed by atoms with van der Waals surface area (Å²) in [6.07, 6.45) is 1.41. The number of carbonyl (C=O) groups excluding carboxylic acids is 2. The molecule has 1 fully saturated rings. The molecule has 0 spiro atoms. The fourth-order valence-corrected chi connectivity index (χ4v) is 3.10. The average Bonchev–Trinajstić information content (AvgIpc) is 2.58. The zero-order valence-corrected chi connectivity index (χ0v) is 15.1. The van der Waals surface area contributed by atoms with Crippen molar-refractivity contribution in [2.24, 2.45) is 11.3 Å². The van der Waals surface area contributed by atoms with Gasteiger partial charge in [-0.15, -0.1) is 0 Å². The van der Waals surface area contributed by atoms with Gasteiger partial charge in [0.05, 0.1) is 5.92 Å². The Morgan fingerprint density at radius 3 is 2.40 bits per heavy atom. The molecule has 1 atom stereocenters. The number of benzene rings is 1. The molecule has 6 heteroatoms. The van der Waals surface area contributed by atoms with Crippen LogP contribution in [0.1, 0.15) is 33.6 Å². The third-order valence-electron chi connectivity index (χ3n) is 4.33. The Labute approximate surface area is 148 Å². The van der Waals surface area contributed by atoms with E-state index >= 15 is 0 Å². The molecule has 2 amide bonds. The predicted molar refractivity (Wildman–Crippen MR) is 95.2 cm³/mol. The Hall–Kier alpha value is -2.37. The third kappa shape index (κ3) is 4.81. The van der Waals surface area contributed by atoms with E-state index in [-0.39, 0.29) is 24.3 Å². The van der Waals surface area contributed by atoms with E-state index in [0.29, 0.717) is 25.2 Å². The minimum atomic E-state index is -1.06. The molecular formula is C19H26N2O4. The van der Waals surface area contributed by atoms with Gasteiger partial charge in [0.15, 0.2) is 0 Å². The average molecular weight is 346 g/mol. The summed E-state index contributed by atoms with van der Waals surface area (Å²) in [5.74, 6) is -1.65. The number of aliphatic carboxylic acids is 1. The van der Waals surface area contributed by atoms with Crippen molar-refractivity contribution >= 4 is 23.5 Å². The second-order valence-corrected chi connectivity index (χ2v) is 7.49. The van der Waals surface area contributed by atoms with E-state index in [4.69, 9.17) is 0 Å². The lowest BCUT2D eigenvalue weighted by molar-refractivity contribution is -0.143. The molecule has 25 heavy (non-hydrogen) atoms. The smallest absolute Gasteiger partial charge is 0.323 e. The van der Waals surface area contributed by atoms with E-state index in [2.05, 4.69) is 0 Å². The summed E-state index contributed by atoms with van der Waals surface area (Å²) in [6.45, 7) is 6.19. The summed E-state index contributed by atoms with van der Waals surface area (Å²) < 4.78 is 0. The lowest BCUT2D eigenvalue weighted by atomic mass is 9.90. The van der Waals surface area contributed by atoms with Crippen LogP contribution in [-0.4, -0.2) is 47.4 Å². The number of hydrogen-bond acceptors (Lipinski definition) is 3. The number of carbonyl (C=O) groups is 3. The first kappa shape index (κ1) is 19.0. The van der Waals surface area contributed by atoms with Crippen molar-refractivity contribution < 1.29 is 19.5 Å². The Bertz CT molecular complexity index is 637. The summed E-state index contributed by atoms with van der Waals surface area (Å²) in [6, 6.07) is 8.81. The Kier molecular flexibility index (Phi) is 5.82. The van der Waals surface area contributed by atoms with Crippen molar-refractivity contribution in [2.45, 2.75) is 33.6 Å². The van der Waals surface area contributed by atoms with E-state index in [1.54, 1.807) is 29.2 Å². The summed E-state index contributed by atoms with van der Waals surface area (Å²) >= 11 is 0. The monoisotopic (exact) mass is 346 g/mol. The summed E-state index contributed by atoms with van der Waals surface area (Å²) in [7, 11) is 0.